The number of likely N-dealkylation sites (tertiary alicyclic amines) is 1. The van der Waals surface area contributed by atoms with E-state index in [1.165, 1.54) is 32.4 Å². The van der Waals surface area contributed by atoms with Crippen LogP contribution in [0.15, 0.2) is 0 Å². The Labute approximate surface area is 69.2 Å². The zero-order valence-electron chi connectivity index (χ0n) is 7.58. The molecule has 0 aromatic rings. The molecule has 1 saturated carbocycles. The van der Waals surface area contributed by atoms with Crippen LogP contribution in [0.4, 0.5) is 0 Å². The van der Waals surface area contributed by atoms with Crippen LogP contribution in [0.5, 0.6) is 0 Å². The Bertz CT molecular complexity index is 142. The van der Waals surface area contributed by atoms with Crippen molar-refractivity contribution in [2.45, 2.75) is 31.3 Å². The summed E-state index contributed by atoms with van der Waals surface area (Å²) in [6.07, 6.45) is 4.26. The van der Waals surface area contributed by atoms with E-state index in [-0.39, 0.29) is 0 Å². The molecule has 1 atom stereocenters. The summed E-state index contributed by atoms with van der Waals surface area (Å²) in [5.41, 5.74) is 0. The first-order chi connectivity index (χ1) is 5.27. The van der Waals surface area contributed by atoms with Crippen molar-refractivity contribution >= 4 is 0 Å². The Hall–Kier alpha value is -0.0800. The fourth-order valence-corrected chi connectivity index (χ4v) is 2.02. The third-order valence-corrected chi connectivity index (χ3v) is 3.07. The smallest absolute Gasteiger partial charge is 0.0235 e. The highest BCUT2D eigenvalue weighted by Gasteiger charge is 2.33. The first kappa shape index (κ1) is 7.56. The molecule has 0 amide bonds. The molecule has 1 saturated heterocycles. The first-order valence-corrected chi connectivity index (χ1v) is 4.68. The van der Waals surface area contributed by atoms with E-state index in [4.69, 9.17) is 0 Å². The van der Waals surface area contributed by atoms with Crippen LogP contribution in [-0.2, 0) is 0 Å². The van der Waals surface area contributed by atoms with Gasteiger partial charge in [-0.15, -0.1) is 0 Å². The topological polar surface area (TPSA) is 6.48 Å². The van der Waals surface area contributed by atoms with Gasteiger partial charge in [0, 0.05) is 18.6 Å². The van der Waals surface area contributed by atoms with E-state index in [9.17, 15) is 0 Å². The summed E-state index contributed by atoms with van der Waals surface area (Å²) in [5.74, 6) is 0. The molecule has 2 aliphatic rings. The third-order valence-electron chi connectivity index (χ3n) is 3.07. The fourth-order valence-electron chi connectivity index (χ4n) is 2.02. The van der Waals surface area contributed by atoms with Gasteiger partial charge in [-0.3, -0.25) is 4.90 Å². The van der Waals surface area contributed by atoms with Gasteiger partial charge in [0.05, 0.1) is 0 Å². The van der Waals surface area contributed by atoms with E-state index in [2.05, 4.69) is 23.9 Å². The van der Waals surface area contributed by atoms with E-state index in [1.54, 1.807) is 0 Å². The molecule has 11 heavy (non-hydrogen) atoms. The molecule has 1 unspecified atom stereocenters. The monoisotopic (exact) mass is 154 g/mol. The van der Waals surface area contributed by atoms with Crippen LogP contribution in [0, 0.1) is 0 Å². The second-order valence-corrected chi connectivity index (χ2v) is 4.10. The minimum Gasteiger partial charge on any atom is -0.305 e. The van der Waals surface area contributed by atoms with Gasteiger partial charge in [0.2, 0.25) is 0 Å². The van der Waals surface area contributed by atoms with Crippen molar-refractivity contribution in [3.63, 3.8) is 0 Å². The van der Waals surface area contributed by atoms with Crippen molar-refractivity contribution in [3.05, 3.63) is 0 Å². The summed E-state index contributed by atoms with van der Waals surface area (Å²) < 4.78 is 0. The zero-order valence-corrected chi connectivity index (χ0v) is 7.58. The lowest BCUT2D eigenvalue weighted by Crippen LogP contribution is -2.35. The molecule has 2 fully saturated rings. The predicted octanol–water partition coefficient (Wildman–Crippen LogP) is 0.785. The summed E-state index contributed by atoms with van der Waals surface area (Å²) in [6, 6.07) is 1.79. The van der Waals surface area contributed by atoms with Gasteiger partial charge in [-0.25, -0.2) is 0 Å². The minimum absolute atomic E-state index is 0.854. The summed E-state index contributed by atoms with van der Waals surface area (Å²) in [5, 5.41) is 0. The molecule has 0 radical (unpaired) electrons. The number of hydrogen-bond donors (Lipinski definition) is 0. The van der Waals surface area contributed by atoms with Crippen LogP contribution < -0.4 is 0 Å². The standard InChI is InChI=1S/C9H18N2/c1-10-6-5-9(7-10)11(2)8-3-4-8/h8-9H,3-7H2,1-2H3. The van der Waals surface area contributed by atoms with Gasteiger partial charge in [-0.2, -0.15) is 0 Å². The lowest BCUT2D eigenvalue weighted by Gasteiger charge is -2.23. The largest absolute Gasteiger partial charge is 0.305 e. The van der Waals surface area contributed by atoms with Crippen LogP contribution >= 0.6 is 0 Å². The van der Waals surface area contributed by atoms with E-state index >= 15 is 0 Å². The summed E-state index contributed by atoms with van der Waals surface area (Å²) in [6.45, 7) is 2.58. The summed E-state index contributed by atoms with van der Waals surface area (Å²) in [7, 11) is 4.52. The van der Waals surface area contributed by atoms with E-state index < -0.39 is 0 Å². The molecular weight excluding hydrogens is 136 g/mol. The molecule has 0 aromatic heterocycles. The SMILES string of the molecule is CN1CCC(N(C)C2CC2)C1. The van der Waals surface area contributed by atoms with Gasteiger partial charge < -0.3 is 4.90 Å². The molecule has 1 aliphatic heterocycles. The second kappa shape index (κ2) is 2.76. The second-order valence-electron chi connectivity index (χ2n) is 4.10. The van der Waals surface area contributed by atoms with Gasteiger partial charge in [0.1, 0.15) is 0 Å². The molecule has 1 aliphatic carbocycles. The normalized spacial score (nSPS) is 33.5. The van der Waals surface area contributed by atoms with Gasteiger partial charge >= 0.3 is 0 Å². The van der Waals surface area contributed by atoms with E-state index in [1.807, 2.05) is 0 Å². The van der Waals surface area contributed by atoms with Gasteiger partial charge in [0.25, 0.3) is 0 Å². The highest BCUT2D eigenvalue weighted by atomic mass is 15.3. The van der Waals surface area contributed by atoms with Crippen LogP contribution in [-0.4, -0.2) is 49.1 Å². The van der Waals surface area contributed by atoms with Gasteiger partial charge in [0.15, 0.2) is 0 Å². The zero-order chi connectivity index (χ0) is 7.84. The number of likely N-dealkylation sites (N-methyl/N-ethyl adjacent to an activating group) is 2. The van der Waals surface area contributed by atoms with Crippen molar-refractivity contribution in [3.8, 4) is 0 Å². The molecule has 0 bridgehead atoms. The molecule has 2 nitrogen and oxygen atoms in total. The molecule has 0 aromatic carbocycles. The van der Waals surface area contributed by atoms with Crippen LogP contribution in [0.3, 0.4) is 0 Å². The van der Waals surface area contributed by atoms with Crippen molar-refractivity contribution in [1.82, 2.24) is 9.80 Å². The number of nitrogens with zero attached hydrogens (tertiary/aromatic N) is 2. The number of rotatable bonds is 2. The molecule has 2 rings (SSSR count). The fraction of sp³-hybridized carbons (Fsp3) is 1.00. The van der Waals surface area contributed by atoms with E-state index in [0.29, 0.717) is 0 Å². The van der Waals surface area contributed by atoms with Crippen molar-refractivity contribution < 1.29 is 0 Å². The van der Waals surface area contributed by atoms with Crippen molar-refractivity contribution in [2.75, 3.05) is 27.2 Å². The minimum atomic E-state index is 0.854. The molecular formula is C9H18N2. The Morgan fingerprint density at radius 3 is 2.36 bits per heavy atom. The van der Waals surface area contributed by atoms with Crippen molar-refractivity contribution in [2.24, 2.45) is 0 Å². The third kappa shape index (κ3) is 1.57. The van der Waals surface area contributed by atoms with Gasteiger partial charge in [-0.05, 0) is 39.9 Å². The Morgan fingerprint density at radius 1 is 1.18 bits per heavy atom. The van der Waals surface area contributed by atoms with Crippen LogP contribution in [0.1, 0.15) is 19.3 Å². The Morgan fingerprint density at radius 2 is 1.91 bits per heavy atom. The highest BCUT2D eigenvalue weighted by Crippen LogP contribution is 2.29. The summed E-state index contributed by atoms with van der Waals surface area (Å²) >= 11 is 0. The molecule has 2 heteroatoms. The lowest BCUT2D eigenvalue weighted by molar-refractivity contribution is 0.232. The van der Waals surface area contributed by atoms with Crippen molar-refractivity contribution in [1.29, 1.82) is 0 Å². The highest BCUT2D eigenvalue weighted by molar-refractivity contribution is 4.90. The van der Waals surface area contributed by atoms with E-state index in [0.717, 1.165) is 12.1 Å². The average Bonchev–Trinajstić information content (AvgIpc) is 2.74. The maximum absolute atomic E-state index is 2.59. The molecule has 1 heterocycles. The molecule has 64 valence electrons. The van der Waals surface area contributed by atoms with Gasteiger partial charge in [-0.1, -0.05) is 0 Å². The quantitative estimate of drug-likeness (QED) is 0.580. The Kier molecular flexibility index (Phi) is 1.90. The average molecular weight is 154 g/mol. The molecule has 0 N–H and O–H groups in total. The maximum atomic E-state index is 2.59. The summed E-state index contributed by atoms with van der Waals surface area (Å²) in [4.78, 5) is 5.02. The first-order valence-electron chi connectivity index (χ1n) is 4.68. The van der Waals surface area contributed by atoms with Crippen LogP contribution in [0.2, 0.25) is 0 Å². The van der Waals surface area contributed by atoms with Crippen LogP contribution in [0.25, 0.3) is 0 Å². The lowest BCUT2D eigenvalue weighted by atomic mass is 10.2. The Balaban J connectivity index is 1.84. The molecule has 0 spiro atoms. The number of hydrogen-bond acceptors (Lipinski definition) is 2. The predicted molar refractivity (Wildman–Crippen MR) is 46.7 cm³/mol. The maximum Gasteiger partial charge on any atom is 0.0235 e.